The van der Waals surface area contributed by atoms with Gasteiger partial charge < -0.3 is 14.8 Å². The molecule has 1 atom stereocenters. The molecule has 7 heteroatoms. The van der Waals surface area contributed by atoms with Gasteiger partial charge in [0.1, 0.15) is 12.4 Å². The molecule has 1 aliphatic heterocycles. The highest BCUT2D eigenvalue weighted by atomic mass is 16.5. The summed E-state index contributed by atoms with van der Waals surface area (Å²) in [5.74, 6) is -0.881. The molecule has 0 saturated carbocycles. The van der Waals surface area contributed by atoms with Gasteiger partial charge >= 0.3 is 11.8 Å². The molecule has 1 heterocycles. The van der Waals surface area contributed by atoms with E-state index in [2.05, 4.69) is 22.4 Å². The van der Waals surface area contributed by atoms with Crippen molar-refractivity contribution in [1.29, 1.82) is 0 Å². The molecular weight excluding hydrogens is 310 g/mol. The normalized spacial score (nSPS) is 16.8. The molecule has 1 aromatic rings. The molecular formula is C17H21N3O4. The summed E-state index contributed by atoms with van der Waals surface area (Å²) < 4.78 is 10.8. The lowest BCUT2D eigenvalue weighted by molar-refractivity contribution is -0.139. The summed E-state index contributed by atoms with van der Waals surface area (Å²) in [7, 11) is 0. The second-order valence-corrected chi connectivity index (χ2v) is 5.22. The fourth-order valence-corrected chi connectivity index (χ4v) is 2.15. The molecule has 1 fully saturated rings. The summed E-state index contributed by atoms with van der Waals surface area (Å²) >= 11 is 0. The Balaban J connectivity index is 1.76. The van der Waals surface area contributed by atoms with Crippen LogP contribution in [0.1, 0.15) is 18.4 Å². The Hall–Kier alpha value is -2.67. The first-order chi connectivity index (χ1) is 11.7. The topological polar surface area (TPSA) is 89.0 Å². The number of rotatable bonds is 7. The van der Waals surface area contributed by atoms with Crippen LogP contribution < -0.4 is 15.5 Å². The number of benzene rings is 1. The third-order valence-electron chi connectivity index (χ3n) is 3.33. The Bertz CT molecular complexity index is 610. The first-order valence-electron chi connectivity index (χ1n) is 7.75. The molecule has 2 N–H and O–H groups in total. The minimum Gasteiger partial charge on any atom is -0.490 e. The van der Waals surface area contributed by atoms with Gasteiger partial charge in [-0.25, -0.2) is 5.43 Å². The van der Waals surface area contributed by atoms with Gasteiger partial charge in [0.05, 0.1) is 12.3 Å². The van der Waals surface area contributed by atoms with Gasteiger partial charge in [0, 0.05) is 13.2 Å². The predicted molar refractivity (Wildman–Crippen MR) is 89.9 cm³/mol. The van der Waals surface area contributed by atoms with Crippen LogP contribution in [0, 0.1) is 0 Å². The van der Waals surface area contributed by atoms with E-state index in [4.69, 9.17) is 9.47 Å². The Kier molecular flexibility index (Phi) is 6.97. The van der Waals surface area contributed by atoms with Gasteiger partial charge in [-0.1, -0.05) is 24.8 Å². The van der Waals surface area contributed by atoms with Crippen LogP contribution in [0.3, 0.4) is 0 Å². The van der Waals surface area contributed by atoms with Gasteiger partial charge in [0.25, 0.3) is 0 Å². The van der Waals surface area contributed by atoms with Crippen molar-refractivity contribution in [3.05, 3.63) is 42.5 Å². The molecule has 0 spiro atoms. The average Bonchev–Trinajstić information content (AvgIpc) is 3.11. The summed E-state index contributed by atoms with van der Waals surface area (Å²) in [4.78, 5) is 23.3. The summed E-state index contributed by atoms with van der Waals surface area (Å²) in [6.45, 7) is 5.02. The summed E-state index contributed by atoms with van der Waals surface area (Å²) in [5.41, 5.74) is 2.92. The number of hydrogen-bond donors (Lipinski definition) is 2. The molecule has 1 aliphatic rings. The van der Waals surface area contributed by atoms with Crippen LogP contribution >= 0.6 is 0 Å². The van der Waals surface area contributed by atoms with Crippen LogP contribution in [0.4, 0.5) is 0 Å². The first kappa shape index (κ1) is 17.7. The number of amides is 2. The number of hydrogen-bond acceptors (Lipinski definition) is 5. The zero-order valence-corrected chi connectivity index (χ0v) is 13.4. The van der Waals surface area contributed by atoms with Crippen LogP contribution in [0.2, 0.25) is 0 Å². The number of carbonyl (C=O) groups is 2. The summed E-state index contributed by atoms with van der Waals surface area (Å²) in [6, 6.07) is 7.17. The van der Waals surface area contributed by atoms with Crippen molar-refractivity contribution in [3.8, 4) is 5.75 Å². The minimum atomic E-state index is -0.816. The quantitative estimate of drug-likeness (QED) is 0.338. The maximum atomic E-state index is 11.6. The van der Waals surface area contributed by atoms with E-state index in [0.29, 0.717) is 25.5 Å². The summed E-state index contributed by atoms with van der Waals surface area (Å²) in [6.07, 6.45) is 4.95. The Labute approximate surface area is 140 Å². The lowest BCUT2D eigenvalue weighted by Crippen LogP contribution is -2.41. The van der Waals surface area contributed by atoms with E-state index in [1.807, 2.05) is 0 Å². The number of ether oxygens (including phenoxy) is 2. The Morgan fingerprint density at radius 1 is 1.42 bits per heavy atom. The monoisotopic (exact) mass is 331 g/mol. The highest BCUT2D eigenvalue weighted by molar-refractivity contribution is 6.35. The van der Waals surface area contributed by atoms with E-state index in [1.54, 1.807) is 30.3 Å². The maximum Gasteiger partial charge on any atom is 0.329 e. The zero-order chi connectivity index (χ0) is 17.2. The molecule has 7 nitrogen and oxygen atoms in total. The van der Waals surface area contributed by atoms with E-state index in [1.165, 1.54) is 6.21 Å². The molecule has 1 saturated heterocycles. The number of nitrogens with zero attached hydrogens (tertiary/aromatic N) is 1. The van der Waals surface area contributed by atoms with Crippen molar-refractivity contribution in [2.45, 2.75) is 18.9 Å². The van der Waals surface area contributed by atoms with Crippen LogP contribution in [0.15, 0.2) is 42.0 Å². The molecule has 0 bridgehead atoms. The highest BCUT2D eigenvalue weighted by Gasteiger charge is 2.18. The Morgan fingerprint density at radius 2 is 2.29 bits per heavy atom. The zero-order valence-electron chi connectivity index (χ0n) is 13.4. The first-order valence-corrected chi connectivity index (χ1v) is 7.75. The van der Waals surface area contributed by atoms with Crippen LogP contribution in [0.5, 0.6) is 5.75 Å². The van der Waals surface area contributed by atoms with Crippen molar-refractivity contribution < 1.29 is 19.1 Å². The van der Waals surface area contributed by atoms with Gasteiger partial charge in [-0.3, -0.25) is 9.59 Å². The van der Waals surface area contributed by atoms with Crippen molar-refractivity contribution in [1.82, 2.24) is 10.7 Å². The van der Waals surface area contributed by atoms with Crippen molar-refractivity contribution in [2.24, 2.45) is 5.10 Å². The third kappa shape index (κ3) is 5.85. The van der Waals surface area contributed by atoms with Crippen LogP contribution in [-0.2, 0) is 14.3 Å². The fraction of sp³-hybridized carbons (Fsp3) is 0.353. The average molecular weight is 331 g/mol. The lowest BCUT2D eigenvalue weighted by atomic mass is 10.2. The molecule has 0 aliphatic carbocycles. The van der Waals surface area contributed by atoms with Crippen LogP contribution in [-0.4, -0.2) is 43.9 Å². The van der Waals surface area contributed by atoms with Crippen molar-refractivity contribution in [3.63, 3.8) is 0 Å². The molecule has 2 amide bonds. The standard InChI is InChI=1S/C17H21N3O4/c1-2-8-23-14-6-3-5-13(10-14)11-19-20-17(22)16(21)18-12-15-7-4-9-24-15/h2-3,5-6,10-11,15H,1,4,7-9,12H2,(H,18,21)(H,20,22)/b19-11-/t15-/m1/s1. The van der Waals surface area contributed by atoms with E-state index >= 15 is 0 Å². The van der Waals surface area contributed by atoms with E-state index < -0.39 is 11.8 Å². The highest BCUT2D eigenvalue weighted by Crippen LogP contribution is 2.12. The molecule has 1 aromatic carbocycles. The largest absolute Gasteiger partial charge is 0.490 e. The molecule has 128 valence electrons. The lowest BCUT2D eigenvalue weighted by Gasteiger charge is -2.09. The van der Waals surface area contributed by atoms with Gasteiger partial charge in [-0.2, -0.15) is 5.10 Å². The summed E-state index contributed by atoms with van der Waals surface area (Å²) in [5, 5.41) is 6.30. The SMILES string of the molecule is C=CCOc1cccc(/C=N\NC(=O)C(=O)NC[C@H]2CCCO2)c1. The predicted octanol–water partition coefficient (Wildman–Crippen LogP) is 0.997. The van der Waals surface area contributed by atoms with E-state index in [9.17, 15) is 9.59 Å². The van der Waals surface area contributed by atoms with E-state index in [0.717, 1.165) is 18.4 Å². The molecule has 2 rings (SSSR count). The van der Waals surface area contributed by atoms with E-state index in [-0.39, 0.29) is 6.10 Å². The maximum absolute atomic E-state index is 11.6. The molecule has 0 radical (unpaired) electrons. The second kappa shape index (κ2) is 9.46. The van der Waals surface area contributed by atoms with Crippen molar-refractivity contribution in [2.75, 3.05) is 19.8 Å². The van der Waals surface area contributed by atoms with Crippen LogP contribution in [0.25, 0.3) is 0 Å². The van der Waals surface area contributed by atoms with Gasteiger partial charge in [-0.15, -0.1) is 0 Å². The van der Waals surface area contributed by atoms with Gasteiger partial charge in [0.15, 0.2) is 0 Å². The van der Waals surface area contributed by atoms with Gasteiger partial charge in [0.2, 0.25) is 0 Å². The molecule has 0 unspecified atom stereocenters. The van der Waals surface area contributed by atoms with Crippen molar-refractivity contribution >= 4 is 18.0 Å². The van der Waals surface area contributed by atoms with Gasteiger partial charge in [-0.05, 0) is 30.5 Å². The third-order valence-corrected chi connectivity index (χ3v) is 3.33. The number of hydrazone groups is 1. The number of carbonyl (C=O) groups excluding carboxylic acids is 2. The minimum absolute atomic E-state index is 0.0106. The molecule has 24 heavy (non-hydrogen) atoms. The number of nitrogens with one attached hydrogen (secondary N) is 2. The fourth-order valence-electron chi connectivity index (χ4n) is 2.15. The second-order valence-electron chi connectivity index (χ2n) is 5.22. The smallest absolute Gasteiger partial charge is 0.329 e. The molecule has 0 aromatic heterocycles. The Morgan fingerprint density at radius 3 is 3.04 bits per heavy atom.